The lowest BCUT2D eigenvalue weighted by molar-refractivity contribution is 0.598. The Morgan fingerprint density at radius 1 is 1.36 bits per heavy atom. The van der Waals surface area contributed by atoms with Crippen molar-refractivity contribution < 1.29 is 4.55 Å². The van der Waals surface area contributed by atoms with Gasteiger partial charge in [0.05, 0.1) is 5.54 Å². The molecule has 0 fully saturated rings. The van der Waals surface area contributed by atoms with Crippen LogP contribution >= 0.6 is 12.2 Å². The third-order valence-electron chi connectivity index (χ3n) is 3.62. The Morgan fingerprint density at radius 2 is 2.05 bits per heavy atom. The normalized spacial score (nSPS) is 17.9. The number of hydrogen-bond donors (Lipinski definition) is 1. The molecule has 0 aliphatic carbocycles. The van der Waals surface area contributed by atoms with Crippen molar-refractivity contribution in [1.82, 2.24) is 5.32 Å². The lowest BCUT2D eigenvalue weighted by Gasteiger charge is -2.23. The SMILES string of the molecule is CCCN(C)c1ccccc1C[S+]([O-])C1=NC(=S)C(C)(C)N1. The number of nitrogens with one attached hydrogen (secondary N) is 1. The van der Waals surface area contributed by atoms with E-state index in [0.717, 1.165) is 24.2 Å². The number of anilines is 1. The van der Waals surface area contributed by atoms with Crippen molar-refractivity contribution in [3.05, 3.63) is 29.8 Å². The molecule has 4 nitrogen and oxygen atoms in total. The summed E-state index contributed by atoms with van der Waals surface area (Å²) in [5, 5.41) is 3.66. The molecule has 6 heteroatoms. The zero-order chi connectivity index (χ0) is 16.3. The van der Waals surface area contributed by atoms with Crippen LogP contribution in [0, 0.1) is 0 Å². The number of hydrogen-bond acceptors (Lipinski definition) is 4. The van der Waals surface area contributed by atoms with E-state index in [1.165, 1.54) is 0 Å². The molecule has 1 aromatic rings. The molecular formula is C16H23N3OS2. The molecule has 0 radical (unpaired) electrons. The van der Waals surface area contributed by atoms with Gasteiger partial charge in [-0.2, -0.15) is 4.99 Å². The summed E-state index contributed by atoms with van der Waals surface area (Å²) in [6.07, 6.45) is 1.07. The van der Waals surface area contributed by atoms with E-state index in [9.17, 15) is 4.55 Å². The van der Waals surface area contributed by atoms with Crippen LogP contribution in [0.2, 0.25) is 0 Å². The van der Waals surface area contributed by atoms with Crippen LogP contribution in [0.3, 0.4) is 0 Å². The van der Waals surface area contributed by atoms with Crippen molar-refractivity contribution in [2.45, 2.75) is 38.5 Å². The first-order chi connectivity index (χ1) is 10.3. The summed E-state index contributed by atoms with van der Waals surface area (Å²) in [6.45, 7) is 7.02. The highest BCUT2D eigenvalue weighted by Crippen LogP contribution is 2.24. The van der Waals surface area contributed by atoms with Crippen LogP contribution in [0.1, 0.15) is 32.8 Å². The van der Waals surface area contributed by atoms with E-state index in [1.54, 1.807) is 0 Å². The minimum absolute atomic E-state index is 0.390. The summed E-state index contributed by atoms with van der Waals surface area (Å²) >= 11 is 4.01. The lowest BCUT2D eigenvalue weighted by atomic mass is 10.1. The lowest BCUT2D eigenvalue weighted by Crippen LogP contribution is -2.44. The molecule has 1 aromatic carbocycles. The molecule has 1 aliphatic heterocycles. The van der Waals surface area contributed by atoms with Gasteiger partial charge in [-0.3, -0.25) is 0 Å². The van der Waals surface area contributed by atoms with Crippen molar-refractivity contribution in [3.8, 4) is 0 Å². The molecule has 1 N–H and O–H groups in total. The summed E-state index contributed by atoms with van der Waals surface area (Å²) in [6, 6.07) is 8.09. The zero-order valence-corrected chi connectivity index (χ0v) is 15.2. The minimum atomic E-state index is -1.22. The van der Waals surface area contributed by atoms with E-state index in [2.05, 4.69) is 35.2 Å². The Kier molecular flexibility index (Phi) is 5.47. The monoisotopic (exact) mass is 337 g/mol. The fourth-order valence-electron chi connectivity index (χ4n) is 2.36. The highest BCUT2D eigenvalue weighted by molar-refractivity contribution is 8.05. The first kappa shape index (κ1) is 17.2. The van der Waals surface area contributed by atoms with Crippen LogP contribution in [0.25, 0.3) is 0 Å². The Morgan fingerprint density at radius 3 is 2.64 bits per heavy atom. The van der Waals surface area contributed by atoms with Gasteiger partial charge < -0.3 is 14.8 Å². The summed E-state index contributed by atoms with van der Waals surface area (Å²) in [4.78, 5) is 7.03. The maximum Gasteiger partial charge on any atom is 0.318 e. The van der Waals surface area contributed by atoms with Gasteiger partial charge >= 0.3 is 5.17 Å². The number of amidine groups is 1. The van der Waals surface area contributed by atoms with Gasteiger partial charge in [-0.15, -0.1) is 0 Å². The first-order valence-corrected chi connectivity index (χ1v) is 9.16. The third kappa shape index (κ3) is 3.80. The second kappa shape index (κ2) is 6.98. The fourth-order valence-corrected chi connectivity index (χ4v) is 3.78. The molecule has 1 atom stereocenters. The Hall–Kier alpha value is -1.11. The predicted octanol–water partition coefficient (Wildman–Crippen LogP) is 2.85. The number of para-hydroxylation sites is 1. The van der Waals surface area contributed by atoms with E-state index in [-0.39, 0.29) is 0 Å². The summed E-state index contributed by atoms with van der Waals surface area (Å²) < 4.78 is 12.6. The second-order valence-corrected chi connectivity index (χ2v) is 7.77. The first-order valence-electron chi connectivity index (χ1n) is 7.44. The van der Waals surface area contributed by atoms with E-state index in [4.69, 9.17) is 12.2 Å². The molecule has 0 aromatic heterocycles. The van der Waals surface area contributed by atoms with Crippen molar-refractivity contribution in [2.24, 2.45) is 4.99 Å². The van der Waals surface area contributed by atoms with Crippen LogP contribution < -0.4 is 10.2 Å². The van der Waals surface area contributed by atoms with Gasteiger partial charge in [0.2, 0.25) is 0 Å². The molecule has 0 amide bonds. The average molecular weight is 338 g/mol. The molecular weight excluding hydrogens is 314 g/mol. The van der Waals surface area contributed by atoms with Crippen LogP contribution in [-0.2, 0) is 16.9 Å². The van der Waals surface area contributed by atoms with Gasteiger partial charge in [-0.05, 0) is 26.3 Å². The van der Waals surface area contributed by atoms with Crippen molar-refractivity contribution >= 4 is 39.2 Å². The Bertz CT molecular complexity index is 587. The van der Waals surface area contributed by atoms with E-state index < -0.39 is 16.7 Å². The van der Waals surface area contributed by atoms with Crippen LogP contribution in [0.5, 0.6) is 0 Å². The van der Waals surface area contributed by atoms with Crippen molar-refractivity contribution in [2.75, 3.05) is 18.5 Å². The molecule has 22 heavy (non-hydrogen) atoms. The van der Waals surface area contributed by atoms with Crippen LogP contribution in [0.15, 0.2) is 29.3 Å². The molecule has 0 saturated carbocycles. The van der Waals surface area contributed by atoms with Gasteiger partial charge in [0, 0.05) is 36.0 Å². The molecule has 0 saturated heterocycles. The summed E-state index contributed by atoms with van der Waals surface area (Å²) in [7, 11) is 2.06. The third-order valence-corrected chi connectivity index (χ3v) is 5.42. The molecule has 0 spiro atoms. The second-order valence-electron chi connectivity index (χ2n) is 6.01. The van der Waals surface area contributed by atoms with E-state index >= 15 is 0 Å². The molecule has 2 rings (SSSR count). The van der Waals surface area contributed by atoms with Crippen molar-refractivity contribution in [1.29, 1.82) is 0 Å². The summed E-state index contributed by atoms with van der Waals surface area (Å²) in [5.41, 5.74) is 1.80. The molecule has 0 bridgehead atoms. The van der Waals surface area contributed by atoms with Gasteiger partial charge in [-0.1, -0.05) is 37.3 Å². The number of aliphatic imine (C=N–C) groups is 1. The maximum atomic E-state index is 12.6. The minimum Gasteiger partial charge on any atom is -0.609 e. The highest BCUT2D eigenvalue weighted by atomic mass is 32.2. The quantitative estimate of drug-likeness (QED) is 0.663. The molecule has 1 aliphatic rings. The highest BCUT2D eigenvalue weighted by Gasteiger charge is 2.37. The fraction of sp³-hybridized carbons (Fsp3) is 0.500. The molecule has 1 heterocycles. The van der Waals surface area contributed by atoms with E-state index in [1.807, 2.05) is 32.0 Å². The molecule has 120 valence electrons. The summed E-state index contributed by atoms with van der Waals surface area (Å²) in [5.74, 6) is 0.439. The van der Waals surface area contributed by atoms with Gasteiger partial charge in [0.25, 0.3) is 0 Å². The maximum absolute atomic E-state index is 12.6. The van der Waals surface area contributed by atoms with Gasteiger partial charge in [0.1, 0.15) is 10.7 Å². The number of rotatable bonds is 5. The topological polar surface area (TPSA) is 50.7 Å². The van der Waals surface area contributed by atoms with Crippen LogP contribution in [-0.4, -0.2) is 33.8 Å². The standard InChI is InChI=1S/C16H23N3OS2/c1-5-10-19(4)13-9-7-6-8-12(13)11-22(20)15-17-14(21)16(2,3)18-15/h6-9H,5,10-11H2,1-4H3,(H,17,18,21). The Balaban J connectivity index is 2.14. The van der Waals surface area contributed by atoms with Gasteiger partial charge in [-0.25, -0.2) is 0 Å². The zero-order valence-electron chi connectivity index (χ0n) is 13.5. The molecule has 1 unspecified atom stereocenters. The Labute approximate surface area is 141 Å². The number of benzene rings is 1. The number of nitrogens with zero attached hydrogens (tertiary/aromatic N) is 2. The van der Waals surface area contributed by atoms with Crippen LogP contribution in [0.4, 0.5) is 5.69 Å². The van der Waals surface area contributed by atoms with Crippen molar-refractivity contribution in [3.63, 3.8) is 0 Å². The number of thiocarbonyl (C=S) groups is 1. The van der Waals surface area contributed by atoms with Gasteiger partial charge in [0.15, 0.2) is 0 Å². The smallest absolute Gasteiger partial charge is 0.318 e. The largest absolute Gasteiger partial charge is 0.609 e. The van der Waals surface area contributed by atoms with E-state index in [0.29, 0.717) is 15.9 Å². The average Bonchev–Trinajstić information content (AvgIpc) is 2.74. The predicted molar refractivity (Wildman–Crippen MR) is 99.1 cm³/mol.